The van der Waals surface area contributed by atoms with Crippen LogP contribution in [0.2, 0.25) is 0 Å². The molecule has 0 fully saturated rings. The van der Waals surface area contributed by atoms with Gasteiger partial charge in [-0.15, -0.1) is 11.3 Å². The summed E-state index contributed by atoms with van der Waals surface area (Å²) in [5.41, 5.74) is 6.33. The molecule has 0 N–H and O–H groups in total. The molecule has 0 saturated carbocycles. The lowest BCUT2D eigenvalue weighted by Crippen LogP contribution is -2.01. The summed E-state index contributed by atoms with van der Waals surface area (Å²) in [5, 5.41) is 9.96. The molecule has 0 atom stereocenters. The SMILES string of the molecule is c1ccc(-c2nc(-c3ccccc3)nc(-c3cc(-n4c5ccccc5c5c6ccccc6c6ccccc6c54)c4c(c3)sc3ccccc34)n2)cc1. The van der Waals surface area contributed by atoms with E-state index in [-0.39, 0.29) is 0 Å². The molecule has 0 unspecified atom stereocenters. The molecular weight excluding hydrogens is 653 g/mol. The van der Waals surface area contributed by atoms with E-state index in [4.69, 9.17) is 15.0 Å². The van der Waals surface area contributed by atoms with Crippen LogP contribution in [0.25, 0.3) is 103 Å². The quantitative estimate of drug-likeness (QED) is 0.174. The van der Waals surface area contributed by atoms with Gasteiger partial charge in [-0.05, 0) is 40.4 Å². The van der Waals surface area contributed by atoms with Crippen molar-refractivity contribution in [1.82, 2.24) is 19.5 Å². The molecule has 242 valence electrons. The van der Waals surface area contributed by atoms with E-state index in [1.54, 1.807) is 0 Å². The maximum Gasteiger partial charge on any atom is 0.164 e. The van der Waals surface area contributed by atoms with Gasteiger partial charge in [0.15, 0.2) is 17.5 Å². The summed E-state index contributed by atoms with van der Waals surface area (Å²) in [4.78, 5) is 15.3. The summed E-state index contributed by atoms with van der Waals surface area (Å²) in [6, 6.07) is 60.2. The maximum atomic E-state index is 5.17. The van der Waals surface area contributed by atoms with Crippen molar-refractivity contribution in [2.24, 2.45) is 0 Å². The highest BCUT2D eigenvalue weighted by Gasteiger charge is 2.23. The minimum Gasteiger partial charge on any atom is -0.308 e. The van der Waals surface area contributed by atoms with Gasteiger partial charge in [-0.3, -0.25) is 0 Å². The van der Waals surface area contributed by atoms with Crippen LogP contribution in [0, 0.1) is 0 Å². The van der Waals surface area contributed by atoms with Gasteiger partial charge in [0, 0.05) is 53.0 Å². The first-order chi connectivity index (χ1) is 25.8. The molecule has 3 heterocycles. The highest BCUT2D eigenvalue weighted by Crippen LogP contribution is 2.46. The van der Waals surface area contributed by atoms with Crippen LogP contribution in [0.4, 0.5) is 0 Å². The Morgan fingerprint density at radius 3 is 1.54 bits per heavy atom. The Labute approximate surface area is 302 Å². The molecule has 8 aromatic carbocycles. The molecule has 0 aliphatic carbocycles. The molecule has 5 heteroatoms. The number of thiophene rings is 1. The van der Waals surface area contributed by atoms with Crippen LogP contribution in [0.15, 0.2) is 170 Å². The third kappa shape index (κ3) is 4.36. The minimum absolute atomic E-state index is 0.643. The van der Waals surface area contributed by atoms with Crippen LogP contribution in [-0.2, 0) is 0 Å². The van der Waals surface area contributed by atoms with Crippen LogP contribution >= 0.6 is 11.3 Å². The van der Waals surface area contributed by atoms with Crippen molar-refractivity contribution in [3.63, 3.8) is 0 Å². The fraction of sp³-hybridized carbons (Fsp3) is 0. The molecule has 52 heavy (non-hydrogen) atoms. The Balaban J connectivity index is 1.30. The molecule has 4 nitrogen and oxygen atoms in total. The summed E-state index contributed by atoms with van der Waals surface area (Å²) < 4.78 is 4.94. The van der Waals surface area contributed by atoms with Gasteiger partial charge in [-0.2, -0.15) is 0 Å². The fourth-order valence-electron chi connectivity index (χ4n) is 7.95. The summed E-state index contributed by atoms with van der Waals surface area (Å²) in [6.07, 6.45) is 0. The smallest absolute Gasteiger partial charge is 0.164 e. The lowest BCUT2D eigenvalue weighted by Gasteiger charge is -2.15. The normalized spacial score (nSPS) is 11.8. The molecule has 0 amide bonds. The Kier molecular flexibility index (Phi) is 6.39. The largest absolute Gasteiger partial charge is 0.308 e. The standard InChI is InChI=1S/C47H28N4S/c1-3-15-29(16-4-1)45-48-46(30-17-5-2-6-18-30)50-47(49-45)31-27-39(43-37-24-12-14-26-40(37)52-41(43)28-31)51-38-25-13-11-23-36(38)42-34-21-9-7-19-32(34)33-20-8-10-22-35(33)44(42)51/h1-28H. The second-order valence-corrected chi connectivity index (χ2v) is 14.3. The number of hydrogen-bond donors (Lipinski definition) is 0. The van der Waals surface area contributed by atoms with Gasteiger partial charge >= 0.3 is 0 Å². The molecule has 0 saturated heterocycles. The van der Waals surface area contributed by atoms with Crippen molar-refractivity contribution < 1.29 is 0 Å². The number of para-hydroxylation sites is 1. The average Bonchev–Trinajstić information content (AvgIpc) is 3.78. The van der Waals surface area contributed by atoms with E-state index in [2.05, 4.69) is 138 Å². The summed E-state index contributed by atoms with van der Waals surface area (Å²) in [7, 11) is 0. The van der Waals surface area contributed by atoms with E-state index in [9.17, 15) is 0 Å². The molecule has 0 aliphatic heterocycles. The van der Waals surface area contributed by atoms with Crippen molar-refractivity contribution in [1.29, 1.82) is 0 Å². The second kappa shape index (κ2) is 11.4. The lowest BCUT2D eigenvalue weighted by atomic mass is 9.97. The van der Waals surface area contributed by atoms with Gasteiger partial charge in [0.05, 0.1) is 16.7 Å². The van der Waals surface area contributed by atoms with Crippen LogP contribution in [0.5, 0.6) is 0 Å². The Morgan fingerprint density at radius 2 is 0.865 bits per heavy atom. The maximum absolute atomic E-state index is 5.17. The number of hydrogen-bond acceptors (Lipinski definition) is 4. The van der Waals surface area contributed by atoms with E-state index in [1.165, 1.54) is 63.5 Å². The molecular formula is C47H28N4S. The van der Waals surface area contributed by atoms with E-state index in [0.717, 1.165) is 22.4 Å². The molecule has 0 spiro atoms. The van der Waals surface area contributed by atoms with Crippen molar-refractivity contribution in [3.05, 3.63) is 170 Å². The molecule has 0 aliphatic rings. The van der Waals surface area contributed by atoms with Gasteiger partial charge in [0.25, 0.3) is 0 Å². The Bertz CT molecular complexity index is 3120. The molecule has 11 aromatic rings. The topological polar surface area (TPSA) is 43.6 Å². The first-order valence-electron chi connectivity index (χ1n) is 17.5. The van der Waals surface area contributed by atoms with Gasteiger partial charge < -0.3 is 4.57 Å². The monoisotopic (exact) mass is 680 g/mol. The zero-order chi connectivity index (χ0) is 34.2. The predicted octanol–water partition coefficient (Wildman–Crippen LogP) is 12.6. The Hall–Kier alpha value is -6.69. The zero-order valence-corrected chi connectivity index (χ0v) is 28.7. The number of rotatable bonds is 4. The number of fused-ring (bicyclic) bond motifs is 11. The lowest BCUT2D eigenvalue weighted by molar-refractivity contribution is 1.07. The molecule has 3 aromatic heterocycles. The van der Waals surface area contributed by atoms with Gasteiger partial charge in [0.1, 0.15) is 0 Å². The molecule has 0 bridgehead atoms. The van der Waals surface area contributed by atoms with E-state index >= 15 is 0 Å². The second-order valence-electron chi connectivity index (χ2n) is 13.2. The first kappa shape index (κ1) is 29.1. The molecule has 11 rings (SSSR count). The number of benzene rings is 8. The highest BCUT2D eigenvalue weighted by atomic mass is 32.1. The summed E-state index contributed by atoms with van der Waals surface area (Å²) in [5.74, 6) is 1.94. The van der Waals surface area contributed by atoms with Crippen LogP contribution < -0.4 is 0 Å². The van der Waals surface area contributed by atoms with Crippen LogP contribution in [-0.4, -0.2) is 19.5 Å². The third-order valence-electron chi connectivity index (χ3n) is 10.2. The Morgan fingerprint density at radius 1 is 0.365 bits per heavy atom. The van der Waals surface area contributed by atoms with E-state index < -0.39 is 0 Å². The van der Waals surface area contributed by atoms with Gasteiger partial charge in [0.2, 0.25) is 0 Å². The van der Waals surface area contributed by atoms with Crippen molar-refractivity contribution >= 4 is 74.9 Å². The van der Waals surface area contributed by atoms with E-state index in [1.807, 2.05) is 47.7 Å². The summed E-state index contributed by atoms with van der Waals surface area (Å²) >= 11 is 1.82. The third-order valence-corrected chi connectivity index (χ3v) is 11.3. The van der Waals surface area contributed by atoms with Gasteiger partial charge in [-0.1, -0.05) is 146 Å². The molecule has 0 radical (unpaired) electrons. The van der Waals surface area contributed by atoms with Crippen molar-refractivity contribution in [2.45, 2.75) is 0 Å². The minimum atomic E-state index is 0.643. The number of aromatic nitrogens is 4. The first-order valence-corrected chi connectivity index (χ1v) is 18.3. The number of nitrogens with zero attached hydrogens (tertiary/aromatic N) is 4. The zero-order valence-electron chi connectivity index (χ0n) is 27.9. The van der Waals surface area contributed by atoms with Crippen LogP contribution in [0.1, 0.15) is 0 Å². The van der Waals surface area contributed by atoms with Crippen LogP contribution in [0.3, 0.4) is 0 Å². The van der Waals surface area contributed by atoms with Gasteiger partial charge in [-0.25, -0.2) is 15.0 Å². The highest BCUT2D eigenvalue weighted by molar-refractivity contribution is 7.26. The van der Waals surface area contributed by atoms with Crippen molar-refractivity contribution in [2.75, 3.05) is 0 Å². The average molecular weight is 681 g/mol. The summed E-state index contributed by atoms with van der Waals surface area (Å²) in [6.45, 7) is 0. The van der Waals surface area contributed by atoms with Crippen molar-refractivity contribution in [3.8, 4) is 39.9 Å². The van der Waals surface area contributed by atoms with E-state index in [0.29, 0.717) is 17.5 Å². The predicted molar refractivity (Wildman–Crippen MR) is 218 cm³/mol. The fourth-order valence-corrected chi connectivity index (χ4v) is 9.12.